The summed E-state index contributed by atoms with van der Waals surface area (Å²) < 4.78 is 5.37. The molecule has 29 heavy (non-hydrogen) atoms. The van der Waals surface area contributed by atoms with Crippen molar-refractivity contribution in [2.24, 2.45) is 0 Å². The number of amides is 1. The fraction of sp³-hybridized carbons (Fsp3) is 0.105. The van der Waals surface area contributed by atoms with E-state index in [4.69, 9.17) is 16.0 Å². The third-order valence-corrected chi connectivity index (χ3v) is 5.36. The first-order chi connectivity index (χ1) is 14.0. The number of carbonyl (C=O) groups excluding carboxylic acids is 2. The Balaban J connectivity index is 1.47. The molecule has 0 bridgehead atoms. The van der Waals surface area contributed by atoms with Crippen LogP contribution in [0.5, 0.6) is 0 Å². The van der Waals surface area contributed by atoms with Crippen molar-refractivity contribution in [2.75, 3.05) is 5.32 Å². The van der Waals surface area contributed by atoms with Crippen LogP contribution >= 0.6 is 22.9 Å². The zero-order chi connectivity index (χ0) is 20.4. The second-order valence-corrected chi connectivity index (χ2v) is 7.68. The molecule has 4 rings (SSSR count). The van der Waals surface area contributed by atoms with Gasteiger partial charge in [-0.05, 0) is 31.2 Å². The SMILES string of the molecule is CC(=O)c1ccc(Cn2ncc(NC(=O)c3ncoc3-c3cccc(Cl)c3)n2)s1. The smallest absolute Gasteiger partial charge is 0.279 e. The molecule has 1 N–H and O–H groups in total. The molecule has 3 heterocycles. The Bertz CT molecular complexity index is 1200. The highest BCUT2D eigenvalue weighted by atomic mass is 35.5. The Morgan fingerprint density at radius 2 is 2.14 bits per heavy atom. The van der Waals surface area contributed by atoms with Gasteiger partial charge in [-0.3, -0.25) is 9.59 Å². The molecule has 0 saturated heterocycles. The number of nitrogens with zero attached hydrogens (tertiary/aromatic N) is 4. The number of oxazole rings is 1. The lowest BCUT2D eigenvalue weighted by Crippen LogP contribution is -2.14. The van der Waals surface area contributed by atoms with Gasteiger partial charge in [-0.15, -0.1) is 16.4 Å². The van der Waals surface area contributed by atoms with Crippen LogP contribution in [0.2, 0.25) is 5.02 Å². The van der Waals surface area contributed by atoms with Crippen LogP contribution in [0, 0.1) is 0 Å². The number of rotatable bonds is 6. The van der Waals surface area contributed by atoms with Crippen molar-refractivity contribution in [3.05, 3.63) is 69.5 Å². The first-order valence-electron chi connectivity index (χ1n) is 8.50. The van der Waals surface area contributed by atoms with Crippen molar-refractivity contribution in [2.45, 2.75) is 13.5 Å². The molecular formula is C19H14ClN5O3S. The lowest BCUT2D eigenvalue weighted by Gasteiger charge is -2.02. The first kappa shape index (κ1) is 19.0. The van der Waals surface area contributed by atoms with Gasteiger partial charge in [0.15, 0.2) is 29.4 Å². The minimum Gasteiger partial charge on any atom is -0.443 e. The molecule has 0 aliphatic heterocycles. The average Bonchev–Trinajstić information content (AvgIpc) is 3.42. The van der Waals surface area contributed by atoms with Gasteiger partial charge >= 0.3 is 0 Å². The molecule has 1 aromatic carbocycles. The van der Waals surface area contributed by atoms with Crippen LogP contribution in [0.3, 0.4) is 0 Å². The number of ketones is 1. The Labute approximate surface area is 174 Å². The van der Waals surface area contributed by atoms with Crippen molar-refractivity contribution in [3.8, 4) is 11.3 Å². The summed E-state index contributed by atoms with van der Waals surface area (Å²) >= 11 is 7.40. The summed E-state index contributed by atoms with van der Waals surface area (Å²) in [5, 5.41) is 11.6. The minimum absolute atomic E-state index is 0.0192. The number of aromatic nitrogens is 4. The van der Waals surface area contributed by atoms with Gasteiger partial charge in [0.25, 0.3) is 5.91 Å². The maximum absolute atomic E-state index is 12.6. The largest absolute Gasteiger partial charge is 0.443 e. The summed E-state index contributed by atoms with van der Waals surface area (Å²) in [5.74, 6) is 0.132. The summed E-state index contributed by atoms with van der Waals surface area (Å²) in [5.41, 5.74) is 0.758. The van der Waals surface area contributed by atoms with Gasteiger partial charge in [0, 0.05) is 15.5 Å². The number of thiophene rings is 1. The monoisotopic (exact) mass is 427 g/mol. The molecule has 1 amide bonds. The highest BCUT2D eigenvalue weighted by Gasteiger charge is 2.19. The van der Waals surface area contributed by atoms with Gasteiger partial charge in [0.2, 0.25) is 0 Å². The molecule has 0 atom stereocenters. The van der Waals surface area contributed by atoms with E-state index in [-0.39, 0.29) is 17.3 Å². The van der Waals surface area contributed by atoms with Gasteiger partial charge in [-0.2, -0.15) is 9.90 Å². The van der Waals surface area contributed by atoms with Crippen LogP contribution in [0.25, 0.3) is 11.3 Å². The Kier molecular flexibility index (Phi) is 5.24. The second kappa shape index (κ2) is 7.98. The maximum Gasteiger partial charge on any atom is 0.279 e. The Hall–Kier alpha value is -3.30. The van der Waals surface area contributed by atoms with Crippen molar-refractivity contribution < 1.29 is 14.0 Å². The Morgan fingerprint density at radius 1 is 1.28 bits per heavy atom. The van der Waals surface area contributed by atoms with Gasteiger partial charge < -0.3 is 9.73 Å². The second-order valence-electron chi connectivity index (χ2n) is 6.08. The molecule has 0 aliphatic rings. The molecule has 0 spiro atoms. The van der Waals surface area contributed by atoms with Crippen LogP contribution in [-0.2, 0) is 6.54 Å². The number of hydrogen-bond donors (Lipinski definition) is 1. The van der Waals surface area contributed by atoms with Gasteiger partial charge in [0.05, 0.1) is 17.6 Å². The molecule has 146 valence electrons. The summed E-state index contributed by atoms with van der Waals surface area (Å²) in [6.45, 7) is 1.92. The van der Waals surface area contributed by atoms with Crippen LogP contribution < -0.4 is 5.32 Å². The molecule has 8 nitrogen and oxygen atoms in total. The number of halogens is 1. The molecule has 4 aromatic rings. The molecule has 0 fully saturated rings. The van der Waals surface area contributed by atoms with Crippen molar-refractivity contribution in [1.29, 1.82) is 0 Å². The van der Waals surface area contributed by atoms with E-state index in [1.165, 1.54) is 35.6 Å². The fourth-order valence-electron chi connectivity index (χ4n) is 2.64. The van der Waals surface area contributed by atoms with E-state index in [9.17, 15) is 9.59 Å². The lowest BCUT2D eigenvalue weighted by atomic mass is 10.1. The van der Waals surface area contributed by atoms with E-state index < -0.39 is 5.91 Å². The topological polar surface area (TPSA) is 103 Å². The number of hydrogen-bond acceptors (Lipinski definition) is 7. The molecule has 3 aromatic heterocycles. The first-order valence-corrected chi connectivity index (χ1v) is 9.69. The predicted molar refractivity (Wildman–Crippen MR) is 108 cm³/mol. The summed E-state index contributed by atoms with van der Waals surface area (Å²) in [6, 6.07) is 10.6. The van der Waals surface area contributed by atoms with Gasteiger partial charge in [0.1, 0.15) is 0 Å². The minimum atomic E-state index is -0.476. The third-order valence-electron chi connectivity index (χ3n) is 3.95. The number of benzene rings is 1. The van der Waals surface area contributed by atoms with E-state index in [0.717, 1.165) is 4.88 Å². The Morgan fingerprint density at radius 3 is 2.90 bits per heavy atom. The highest BCUT2D eigenvalue weighted by Crippen LogP contribution is 2.26. The van der Waals surface area contributed by atoms with Crippen LogP contribution in [0.15, 0.2) is 53.4 Å². The molecule has 10 heteroatoms. The maximum atomic E-state index is 12.6. The highest BCUT2D eigenvalue weighted by molar-refractivity contribution is 7.14. The van der Waals surface area contributed by atoms with Gasteiger partial charge in [-0.25, -0.2) is 4.98 Å². The van der Waals surface area contributed by atoms with E-state index in [0.29, 0.717) is 27.8 Å². The number of Topliss-reactive ketones (excluding diaryl/α,β-unsaturated/α-hetero) is 1. The van der Waals surface area contributed by atoms with Gasteiger partial charge in [-0.1, -0.05) is 23.7 Å². The molecule has 0 aliphatic carbocycles. The van der Waals surface area contributed by atoms with Crippen LogP contribution in [0.1, 0.15) is 32.0 Å². The average molecular weight is 428 g/mol. The molecule has 0 saturated carbocycles. The van der Waals surface area contributed by atoms with E-state index in [1.807, 2.05) is 6.07 Å². The van der Waals surface area contributed by atoms with Crippen LogP contribution in [0.4, 0.5) is 5.82 Å². The molecule has 0 radical (unpaired) electrons. The summed E-state index contributed by atoms with van der Waals surface area (Å²) in [4.78, 5) is 31.1. The standard InChI is InChI=1S/C19H14ClN5O3S/c1-11(26)15-6-5-14(29-15)9-25-22-8-16(24-25)23-19(27)17-18(28-10-21-17)12-3-2-4-13(20)7-12/h2-8,10H,9H2,1H3,(H,23,24,27). The molecule has 0 unspecified atom stereocenters. The lowest BCUT2D eigenvalue weighted by molar-refractivity contribution is 0.101. The fourth-order valence-corrected chi connectivity index (χ4v) is 3.71. The number of carbonyl (C=O) groups is 2. The van der Waals surface area contributed by atoms with Crippen molar-refractivity contribution in [1.82, 2.24) is 20.0 Å². The normalized spacial score (nSPS) is 10.8. The summed E-state index contributed by atoms with van der Waals surface area (Å²) in [7, 11) is 0. The van der Waals surface area contributed by atoms with Crippen molar-refractivity contribution >= 4 is 40.4 Å². The quantitative estimate of drug-likeness (QED) is 0.463. The number of anilines is 1. The van der Waals surface area contributed by atoms with Crippen LogP contribution in [-0.4, -0.2) is 31.7 Å². The predicted octanol–water partition coefficient (Wildman–Crippen LogP) is 4.15. The number of nitrogens with one attached hydrogen (secondary N) is 1. The van der Waals surface area contributed by atoms with E-state index >= 15 is 0 Å². The third kappa shape index (κ3) is 4.25. The van der Waals surface area contributed by atoms with Crippen molar-refractivity contribution in [3.63, 3.8) is 0 Å². The van der Waals surface area contributed by atoms with E-state index in [1.54, 1.807) is 30.3 Å². The summed E-state index contributed by atoms with van der Waals surface area (Å²) in [6.07, 6.45) is 2.64. The zero-order valence-corrected chi connectivity index (χ0v) is 16.7. The zero-order valence-electron chi connectivity index (χ0n) is 15.1. The molecular weight excluding hydrogens is 414 g/mol. The van der Waals surface area contributed by atoms with E-state index in [2.05, 4.69) is 20.5 Å².